The topological polar surface area (TPSA) is 96.0 Å². The predicted octanol–water partition coefficient (Wildman–Crippen LogP) is 6.41. The summed E-state index contributed by atoms with van der Waals surface area (Å²) in [5.41, 5.74) is 2.13. The SMILES string of the molecule is COc1ccc(N(CC(=O)N(Cc2cccc(Cl)c2)C(Cc2ccccc2)C(=O)NC(C)(C)C)S(=O)(=O)c2ccc(C)cc2)cc1. The minimum absolute atomic E-state index is 0.0233. The first kappa shape index (κ1) is 34.5. The summed E-state index contributed by atoms with van der Waals surface area (Å²) in [6.07, 6.45) is 0.211. The average Bonchev–Trinajstić information content (AvgIpc) is 3.01. The summed E-state index contributed by atoms with van der Waals surface area (Å²) in [7, 11) is -2.69. The highest BCUT2D eigenvalue weighted by molar-refractivity contribution is 7.92. The fourth-order valence-electron chi connectivity index (χ4n) is 4.95. The lowest BCUT2D eigenvalue weighted by molar-refractivity contribution is -0.140. The average molecular weight is 662 g/mol. The van der Waals surface area contributed by atoms with Crippen LogP contribution in [0.2, 0.25) is 5.02 Å². The third-order valence-corrected chi connectivity index (χ3v) is 9.28. The first-order chi connectivity index (χ1) is 21.8. The molecule has 8 nitrogen and oxygen atoms in total. The third-order valence-electron chi connectivity index (χ3n) is 7.26. The molecule has 242 valence electrons. The number of amides is 2. The van der Waals surface area contributed by atoms with Gasteiger partial charge < -0.3 is 15.0 Å². The molecule has 4 rings (SSSR count). The van der Waals surface area contributed by atoms with Crippen molar-refractivity contribution < 1.29 is 22.7 Å². The lowest BCUT2D eigenvalue weighted by atomic mass is 10.0. The van der Waals surface area contributed by atoms with Gasteiger partial charge in [0.1, 0.15) is 18.3 Å². The molecule has 10 heteroatoms. The molecule has 0 spiro atoms. The maximum Gasteiger partial charge on any atom is 0.264 e. The molecule has 0 aliphatic heterocycles. The second-order valence-corrected chi connectivity index (χ2v) is 14.4. The Labute approximate surface area is 277 Å². The summed E-state index contributed by atoms with van der Waals surface area (Å²) in [5, 5.41) is 3.50. The van der Waals surface area contributed by atoms with Gasteiger partial charge in [0.05, 0.1) is 17.7 Å². The van der Waals surface area contributed by atoms with Gasteiger partial charge in [-0.15, -0.1) is 0 Å². The van der Waals surface area contributed by atoms with E-state index in [-0.39, 0.29) is 29.5 Å². The largest absolute Gasteiger partial charge is 0.497 e. The summed E-state index contributed by atoms with van der Waals surface area (Å²) in [6.45, 7) is 6.94. The molecule has 0 aliphatic carbocycles. The lowest BCUT2D eigenvalue weighted by Crippen LogP contribution is -2.56. The number of sulfonamides is 1. The van der Waals surface area contributed by atoms with E-state index in [9.17, 15) is 18.0 Å². The van der Waals surface area contributed by atoms with Gasteiger partial charge in [-0.05, 0) is 87.4 Å². The Bertz CT molecular complexity index is 1740. The zero-order chi connectivity index (χ0) is 33.5. The molecule has 0 heterocycles. The number of methoxy groups -OCH3 is 1. The molecular weight excluding hydrogens is 622 g/mol. The highest BCUT2D eigenvalue weighted by Crippen LogP contribution is 2.27. The molecule has 0 radical (unpaired) electrons. The summed E-state index contributed by atoms with van der Waals surface area (Å²) in [5.74, 6) is -0.382. The highest BCUT2D eigenvalue weighted by Gasteiger charge is 2.35. The molecule has 0 saturated heterocycles. The molecule has 1 unspecified atom stereocenters. The zero-order valence-electron chi connectivity index (χ0n) is 26.7. The van der Waals surface area contributed by atoms with Gasteiger partial charge in [0.15, 0.2) is 0 Å². The number of anilines is 1. The minimum atomic E-state index is -4.21. The van der Waals surface area contributed by atoms with Gasteiger partial charge in [0.2, 0.25) is 11.8 Å². The molecule has 4 aromatic rings. The van der Waals surface area contributed by atoms with Crippen molar-refractivity contribution >= 4 is 39.1 Å². The summed E-state index contributed by atoms with van der Waals surface area (Å²) >= 11 is 6.31. The van der Waals surface area contributed by atoms with Gasteiger partial charge in [-0.2, -0.15) is 0 Å². The predicted molar refractivity (Wildman–Crippen MR) is 183 cm³/mol. The molecule has 0 saturated carbocycles. The molecule has 2 amide bonds. The second-order valence-electron chi connectivity index (χ2n) is 12.1. The number of nitrogens with one attached hydrogen (secondary N) is 1. The maximum absolute atomic E-state index is 14.6. The lowest BCUT2D eigenvalue weighted by Gasteiger charge is -2.35. The second kappa shape index (κ2) is 14.8. The first-order valence-electron chi connectivity index (χ1n) is 14.9. The number of hydrogen-bond donors (Lipinski definition) is 1. The van der Waals surface area contributed by atoms with Crippen molar-refractivity contribution in [2.75, 3.05) is 18.0 Å². The van der Waals surface area contributed by atoms with E-state index in [0.717, 1.165) is 15.4 Å². The quantitative estimate of drug-likeness (QED) is 0.189. The van der Waals surface area contributed by atoms with Crippen LogP contribution in [-0.4, -0.2) is 50.4 Å². The molecule has 1 N–H and O–H groups in total. The molecule has 4 aromatic carbocycles. The number of nitrogens with zero attached hydrogens (tertiary/aromatic N) is 2. The Morgan fingerprint density at radius 3 is 2.09 bits per heavy atom. The molecular formula is C36H40ClN3O5S. The number of aryl methyl sites for hydroxylation is 1. The molecule has 0 aromatic heterocycles. The van der Waals surface area contributed by atoms with Crippen LogP contribution in [0.4, 0.5) is 5.69 Å². The third kappa shape index (κ3) is 9.11. The van der Waals surface area contributed by atoms with Gasteiger partial charge in [0, 0.05) is 23.5 Å². The number of carbonyl (C=O) groups is 2. The summed E-state index contributed by atoms with van der Waals surface area (Å²) < 4.78 is 34.7. The molecule has 46 heavy (non-hydrogen) atoms. The first-order valence-corrected chi connectivity index (χ1v) is 16.7. The van der Waals surface area contributed by atoms with Crippen LogP contribution >= 0.6 is 11.6 Å². The van der Waals surface area contributed by atoms with Gasteiger partial charge in [-0.25, -0.2) is 8.42 Å². The van der Waals surface area contributed by atoms with Gasteiger partial charge in [-0.1, -0.05) is 71.8 Å². The van der Waals surface area contributed by atoms with Crippen molar-refractivity contribution in [1.82, 2.24) is 10.2 Å². The van der Waals surface area contributed by atoms with E-state index in [1.807, 2.05) is 64.1 Å². The van der Waals surface area contributed by atoms with Crippen LogP contribution in [0.5, 0.6) is 5.75 Å². The van der Waals surface area contributed by atoms with Crippen molar-refractivity contribution in [2.24, 2.45) is 0 Å². The van der Waals surface area contributed by atoms with Crippen LogP contribution in [0, 0.1) is 6.92 Å². The molecule has 0 bridgehead atoms. The van der Waals surface area contributed by atoms with Crippen LogP contribution in [0.3, 0.4) is 0 Å². The van der Waals surface area contributed by atoms with Crippen LogP contribution in [0.25, 0.3) is 0 Å². The van der Waals surface area contributed by atoms with Crippen molar-refractivity contribution in [2.45, 2.75) is 57.1 Å². The smallest absolute Gasteiger partial charge is 0.264 e. The molecule has 1 atom stereocenters. The van der Waals surface area contributed by atoms with E-state index in [4.69, 9.17) is 16.3 Å². The van der Waals surface area contributed by atoms with Gasteiger partial charge in [-0.3, -0.25) is 13.9 Å². The highest BCUT2D eigenvalue weighted by atomic mass is 35.5. The Kier molecular flexibility index (Phi) is 11.1. The van der Waals surface area contributed by atoms with E-state index < -0.39 is 34.1 Å². The van der Waals surface area contributed by atoms with E-state index in [2.05, 4.69) is 5.32 Å². The normalized spacial score (nSPS) is 12.2. The zero-order valence-corrected chi connectivity index (χ0v) is 28.3. The standard InChI is InChI=1S/C36H40ClN3O5S/c1-26-14-20-32(21-15-26)46(43,44)40(30-16-18-31(45-5)19-17-30)25-34(41)39(24-28-12-9-13-29(37)22-28)33(35(42)38-36(2,3)4)23-27-10-7-6-8-11-27/h6-22,33H,23-25H2,1-5H3,(H,38,42). The fourth-order valence-corrected chi connectivity index (χ4v) is 6.58. The van der Waals surface area contributed by atoms with Gasteiger partial charge in [0.25, 0.3) is 10.0 Å². The van der Waals surface area contributed by atoms with Gasteiger partial charge >= 0.3 is 0 Å². The Hall–Kier alpha value is -4.34. The number of halogens is 1. The van der Waals surface area contributed by atoms with Crippen LogP contribution in [0.15, 0.2) is 108 Å². The van der Waals surface area contributed by atoms with Crippen molar-refractivity contribution in [3.05, 3.63) is 125 Å². The van der Waals surface area contributed by atoms with E-state index >= 15 is 0 Å². The van der Waals surface area contributed by atoms with Crippen LogP contribution in [-0.2, 0) is 32.6 Å². The number of hydrogen-bond acceptors (Lipinski definition) is 5. The van der Waals surface area contributed by atoms with Crippen LogP contribution in [0.1, 0.15) is 37.5 Å². The van der Waals surface area contributed by atoms with Crippen molar-refractivity contribution in [1.29, 1.82) is 0 Å². The Morgan fingerprint density at radius 1 is 0.870 bits per heavy atom. The van der Waals surface area contributed by atoms with E-state index in [0.29, 0.717) is 16.3 Å². The van der Waals surface area contributed by atoms with E-state index in [1.54, 1.807) is 54.6 Å². The number of benzene rings is 4. The summed E-state index contributed by atoms with van der Waals surface area (Å²) in [4.78, 5) is 30.0. The molecule has 0 fully saturated rings. The monoisotopic (exact) mass is 661 g/mol. The Morgan fingerprint density at radius 2 is 1.50 bits per heavy atom. The summed E-state index contributed by atoms with van der Waals surface area (Å²) in [6, 6.07) is 28.4. The number of rotatable bonds is 12. The number of carbonyl (C=O) groups excluding carboxylic acids is 2. The number of ether oxygens (including phenoxy) is 1. The van der Waals surface area contributed by atoms with Crippen molar-refractivity contribution in [3.8, 4) is 5.75 Å². The van der Waals surface area contributed by atoms with Crippen LogP contribution < -0.4 is 14.4 Å². The molecule has 0 aliphatic rings. The van der Waals surface area contributed by atoms with Crippen molar-refractivity contribution in [3.63, 3.8) is 0 Å². The fraction of sp³-hybridized carbons (Fsp3) is 0.278. The maximum atomic E-state index is 14.6. The Balaban J connectivity index is 1.82. The van der Waals surface area contributed by atoms with E-state index in [1.165, 1.54) is 24.1 Å². The minimum Gasteiger partial charge on any atom is -0.497 e.